The molecule has 128 valence electrons. The third-order valence-electron chi connectivity index (χ3n) is 4.49. The number of urea groups is 1. The number of nitrogens with zero attached hydrogens (tertiary/aromatic N) is 2. The van der Waals surface area contributed by atoms with Gasteiger partial charge >= 0.3 is 6.03 Å². The Labute approximate surface area is 147 Å². The van der Waals surface area contributed by atoms with Crippen LogP contribution < -0.4 is 10.1 Å². The zero-order valence-electron chi connectivity index (χ0n) is 14.3. The van der Waals surface area contributed by atoms with Crippen molar-refractivity contribution in [2.45, 2.75) is 23.8 Å². The van der Waals surface area contributed by atoms with Crippen LogP contribution in [-0.4, -0.2) is 35.4 Å². The van der Waals surface area contributed by atoms with Crippen molar-refractivity contribution in [3.63, 3.8) is 0 Å². The predicted octanol–water partition coefficient (Wildman–Crippen LogP) is 4.12. The molecule has 1 aliphatic rings. The number of likely N-dealkylation sites (tertiary alicyclic amines) is 1. The molecule has 3 rings (SSSR count). The van der Waals surface area contributed by atoms with Crippen molar-refractivity contribution in [1.29, 1.82) is 0 Å². The van der Waals surface area contributed by atoms with Crippen LogP contribution in [0.4, 0.5) is 10.5 Å². The summed E-state index contributed by atoms with van der Waals surface area (Å²) < 4.78 is 7.51. The van der Waals surface area contributed by atoms with E-state index >= 15 is 0 Å². The van der Waals surface area contributed by atoms with Crippen molar-refractivity contribution < 1.29 is 9.53 Å². The predicted molar refractivity (Wildman–Crippen MR) is 97.9 cm³/mol. The average molecular weight is 345 g/mol. The molecule has 0 radical (unpaired) electrons. The lowest BCUT2D eigenvalue weighted by molar-refractivity contribution is 0.205. The van der Waals surface area contributed by atoms with E-state index in [1.54, 1.807) is 18.9 Å². The molecule has 1 aromatic carbocycles. The molecule has 2 heterocycles. The first-order valence-corrected chi connectivity index (χ1v) is 9.27. The molecular weight excluding hydrogens is 322 g/mol. The Balaban J connectivity index is 1.78. The molecule has 1 fully saturated rings. The molecule has 0 bridgehead atoms. The second-order valence-corrected chi connectivity index (χ2v) is 6.77. The lowest BCUT2D eigenvalue weighted by Crippen LogP contribution is -2.35. The molecule has 2 amide bonds. The lowest BCUT2D eigenvalue weighted by Gasteiger charge is -2.26. The summed E-state index contributed by atoms with van der Waals surface area (Å²) in [6, 6.07) is 9.99. The van der Waals surface area contributed by atoms with Crippen LogP contribution in [0.15, 0.2) is 41.4 Å². The third-order valence-corrected chi connectivity index (χ3v) is 5.21. The van der Waals surface area contributed by atoms with Crippen LogP contribution in [-0.2, 0) is 7.05 Å². The number of hydrogen-bond acceptors (Lipinski definition) is 3. The summed E-state index contributed by atoms with van der Waals surface area (Å²) in [7, 11) is 3.64. The average Bonchev–Trinajstić information content (AvgIpc) is 3.23. The van der Waals surface area contributed by atoms with E-state index in [4.69, 9.17) is 4.74 Å². The van der Waals surface area contributed by atoms with Crippen LogP contribution in [0.1, 0.15) is 24.6 Å². The van der Waals surface area contributed by atoms with Gasteiger partial charge in [-0.1, -0.05) is 0 Å². The molecule has 0 unspecified atom stereocenters. The number of amides is 2. The number of nitrogens with one attached hydrogen (secondary N) is 1. The Morgan fingerprint density at radius 3 is 2.88 bits per heavy atom. The van der Waals surface area contributed by atoms with Crippen LogP contribution >= 0.6 is 11.8 Å². The van der Waals surface area contributed by atoms with Crippen molar-refractivity contribution in [2.24, 2.45) is 7.05 Å². The zero-order valence-corrected chi connectivity index (χ0v) is 15.1. The van der Waals surface area contributed by atoms with Crippen molar-refractivity contribution in [3.8, 4) is 5.75 Å². The van der Waals surface area contributed by atoms with Crippen LogP contribution in [0.25, 0.3) is 0 Å². The summed E-state index contributed by atoms with van der Waals surface area (Å²) in [6.45, 7) is 0.771. The molecule has 0 aliphatic carbocycles. The van der Waals surface area contributed by atoms with Crippen molar-refractivity contribution in [1.82, 2.24) is 9.47 Å². The molecule has 1 aliphatic heterocycles. The fourth-order valence-corrected chi connectivity index (χ4v) is 3.66. The smallest absolute Gasteiger partial charge is 0.322 e. The highest BCUT2D eigenvalue weighted by Gasteiger charge is 2.31. The molecule has 1 aromatic heterocycles. The van der Waals surface area contributed by atoms with Crippen molar-refractivity contribution >= 4 is 23.5 Å². The number of carbonyl (C=O) groups excluding carboxylic acids is 1. The van der Waals surface area contributed by atoms with Crippen LogP contribution in [0.5, 0.6) is 5.75 Å². The van der Waals surface area contributed by atoms with Gasteiger partial charge in [0.2, 0.25) is 0 Å². The number of rotatable bonds is 4. The summed E-state index contributed by atoms with van der Waals surface area (Å²) in [6.07, 6.45) is 6.05. The number of ether oxygens (including phenoxy) is 1. The van der Waals surface area contributed by atoms with Crippen molar-refractivity contribution in [2.75, 3.05) is 25.2 Å². The number of methoxy groups -OCH3 is 1. The SMILES string of the molecule is COc1cc(SC)ccc1NC(=O)N1CCC[C@H]1c1cccn1C. The first-order valence-electron chi connectivity index (χ1n) is 8.05. The highest BCUT2D eigenvalue weighted by molar-refractivity contribution is 7.98. The Hall–Kier alpha value is -2.08. The Morgan fingerprint density at radius 1 is 1.38 bits per heavy atom. The van der Waals surface area contributed by atoms with E-state index in [2.05, 4.69) is 16.0 Å². The van der Waals surface area contributed by atoms with E-state index in [0.29, 0.717) is 11.4 Å². The Bertz CT molecular complexity index is 729. The van der Waals surface area contributed by atoms with E-state index in [1.165, 1.54) is 5.69 Å². The molecule has 0 spiro atoms. The summed E-state index contributed by atoms with van der Waals surface area (Å²) in [5.74, 6) is 0.685. The van der Waals surface area contributed by atoms with Gasteiger partial charge in [-0.15, -0.1) is 11.8 Å². The van der Waals surface area contributed by atoms with Gasteiger partial charge in [0.15, 0.2) is 0 Å². The maximum Gasteiger partial charge on any atom is 0.322 e. The van der Waals surface area contributed by atoms with E-state index in [-0.39, 0.29) is 12.1 Å². The molecule has 0 saturated carbocycles. The normalized spacial score (nSPS) is 17.1. The molecule has 1 atom stereocenters. The molecule has 2 aromatic rings. The van der Waals surface area contributed by atoms with Crippen LogP contribution in [0, 0.1) is 0 Å². The van der Waals surface area contributed by atoms with Gasteiger partial charge in [0.25, 0.3) is 0 Å². The van der Waals surface area contributed by atoms with Gasteiger partial charge in [-0.3, -0.25) is 0 Å². The second kappa shape index (κ2) is 7.21. The minimum Gasteiger partial charge on any atom is -0.495 e. The largest absolute Gasteiger partial charge is 0.495 e. The maximum absolute atomic E-state index is 12.8. The third kappa shape index (κ3) is 3.24. The summed E-state index contributed by atoms with van der Waals surface area (Å²) in [4.78, 5) is 15.8. The van der Waals surface area contributed by atoms with E-state index in [9.17, 15) is 4.79 Å². The number of anilines is 1. The van der Waals surface area contributed by atoms with Crippen molar-refractivity contribution in [3.05, 3.63) is 42.2 Å². The van der Waals surface area contributed by atoms with Gasteiger partial charge in [-0.25, -0.2) is 4.79 Å². The number of carbonyl (C=O) groups is 1. The number of aryl methyl sites for hydroxylation is 1. The minimum absolute atomic E-state index is 0.0751. The topological polar surface area (TPSA) is 46.5 Å². The Morgan fingerprint density at radius 2 is 2.21 bits per heavy atom. The lowest BCUT2D eigenvalue weighted by atomic mass is 10.1. The summed E-state index contributed by atoms with van der Waals surface area (Å²) in [5, 5.41) is 3.01. The van der Waals surface area contributed by atoms with Gasteiger partial charge in [0, 0.05) is 30.4 Å². The van der Waals surface area contributed by atoms with E-state index < -0.39 is 0 Å². The minimum atomic E-state index is -0.0751. The maximum atomic E-state index is 12.8. The van der Waals surface area contributed by atoms with Crippen LogP contribution in [0.2, 0.25) is 0 Å². The fourth-order valence-electron chi connectivity index (χ4n) is 3.23. The highest BCUT2D eigenvalue weighted by Crippen LogP contribution is 2.34. The molecule has 6 heteroatoms. The number of aromatic nitrogens is 1. The number of hydrogen-bond donors (Lipinski definition) is 1. The van der Waals surface area contributed by atoms with E-state index in [0.717, 1.165) is 24.3 Å². The quantitative estimate of drug-likeness (QED) is 0.848. The monoisotopic (exact) mass is 345 g/mol. The molecule has 1 saturated heterocycles. The summed E-state index contributed by atoms with van der Waals surface area (Å²) in [5.41, 5.74) is 1.88. The number of benzene rings is 1. The van der Waals surface area contributed by atoms with Gasteiger partial charge in [-0.2, -0.15) is 0 Å². The van der Waals surface area contributed by atoms with E-state index in [1.807, 2.05) is 48.7 Å². The molecular formula is C18H23N3O2S. The summed E-state index contributed by atoms with van der Waals surface area (Å²) >= 11 is 1.65. The standard InChI is InChI=1S/C18H23N3O2S/c1-20-10-4-6-15(20)16-7-5-11-21(16)18(22)19-14-9-8-13(24-3)12-17(14)23-2/h4,6,8-10,12,16H,5,7,11H2,1-3H3,(H,19,22)/t16-/m0/s1. The zero-order chi connectivity index (χ0) is 17.1. The number of thioether (sulfide) groups is 1. The van der Waals surface area contributed by atoms with Gasteiger partial charge in [0.1, 0.15) is 5.75 Å². The second-order valence-electron chi connectivity index (χ2n) is 5.89. The highest BCUT2D eigenvalue weighted by atomic mass is 32.2. The fraction of sp³-hybridized carbons (Fsp3) is 0.389. The van der Waals surface area contributed by atoms with Crippen LogP contribution in [0.3, 0.4) is 0 Å². The first kappa shape index (κ1) is 16.8. The van der Waals surface area contributed by atoms with Gasteiger partial charge < -0.3 is 19.5 Å². The Kier molecular flexibility index (Phi) is 5.04. The van der Waals surface area contributed by atoms with Gasteiger partial charge in [0.05, 0.1) is 18.8 Å². The van der Waals surface area contributed by atoms with Gasteiger partial charge in [-0.05, 0) is 49.4 Å². The first-order chi connectivity index (χ1) is 11.6. The molecule has 24 heavy (non-hydrogen) atoms. The molecule has 1 N–H and O–H groups in total. The molecule has 5 nitrogen and oxygen atoms in total.